The summed E-state index contributed by atoms with van der Waals surface area (Å²) in [5.74, 6) is 0.888. The second-order valence-electron chi connectivity index (χ2n) is 6.38. The molecule has 2 N–H and O–H groups in total. The first kappa shape index (κ1) is 15.4. The minimum atomic E-state index is 0.258. The number of aliphatic hydroxyl groups excluding tert-OH is 1. The predicted octanol–water partition coefficient (Wildman–Crippen LogP) is 0.452. The van der Waals surface area contributed by atoms with Crippen molar-refractivity contribution < 1.29 is 5.11 Å². The number of hydrogen-bond acceptors (Lipinski definition) is 7. The molecule has 1 saturated heterocycles. The van der Waals surface area contributed by atoms with Crippen LogP contribution in [0.3, 0.4) is 0 Å². The van der Waals surface area contributed by atoms with Gasteiger partial charge in [-0.1, -0.05) is 11.8 Å². The zero-order valence-corrected chi connectivity index (χ0v) is 14.3. The molecule has 0 aromatic carbocycles. The van der Waals surface area contributed by atoms with Gasteiger partial charge in [0.1, 0.15) is 0 Å². The summed E-state index contributed by atoms with van der Waals surface area (Å²) in [5.41, 5.74) is 2.85. The van der Waals surface area contributed by atoms with E-state index in [1.807, 2.05) is 10.9 Å². The molecule has 8 heteroatoms. The SMILES string of the molecule is CSc1nc2n(n1)CC1=C(N2)C(N2CCN(CCO)CC2)CC1. The quantitative estimate of drug-likeness (QED) is 0.774. The monoisotopic (exact) mass is 336 g/mol. The predicted molar refractivity (Wildman–Crippen MR) is 90.6 cm³/mol. The lowest BCUT2D eigenvalue weighted by Gasteiger charge is -2.39. The van der Waals surface area contributed by atoms with Gasteiger partial charge in [0.15, 0.2) is 0 Å². The van der Waals surface area contributed by atoms with Crippen molar-refractivity contribution >= 4 is 17.7 Å². The molecule has 2 aliphatic heterocycles. The van der Waals surface area contributed by atoms with Crippen molar-refractivity contribution in [2.75, 3.05) is 50.9 Å². The molecule has 1 aliphatic carbocycles. The van der Waals surface area contributed by atoms with E-state index in [4.69, 9.17) is 5.11 Å². The molecule has 1 aromatic heterocycles. The average Bonchev–Trinajstić information content (AvgIpc) is 3.16. The second-order valence-corrected chi connectivity index (χ2v) is 7.15. The number of nitrogens with one attached hydrogen (secondary N) is 1. The van der Waals surface area contributed by atoms with Crippen LogP contribution >= 0.6 is 11.8 Å². The Bertz CT molecular complexity index is 607. The lowest BCUT2D eigenvalue weighted by atomic mass is 10.1. The molecule has 1 unspecified atom stereocenters. The fourth-order valence-electron chi connectivity index (χ4n) is 3.88. The van der Waals surface area contributed by atoms with Crippen molar-refractivity contribution in [3.63, 3.8) is 0 Å². The van der Waals surface area contributed by atoms with E-state index in [2.05, 4.69) is 25.2 Å². The maximum atomic E-state index is 9.08. The number of aromatic nitrogens is 3. The van der Waals surface area contributed by atoms with Crippen LogP contribution < -0.4 is 5.32 Å². The lowest BCUT2D eigenvalue weighted by Crippen LogP contribution is -2.51. The molecule has 0 bridgehead atoms. The van der Waals surface area contributed by atoms with Crippen molar-refractivity contribution in [1.82, 2.24) is 24.6 Å². The van der Waals surface area contributed by atoms with Gasteiger partial charge in [-0.3, -0.25) is 9.80 Å². The summed E-state index contributed by atoms with van der Waals surface area (Å²) in [4.78, 5) is 9.49. The van der Waals surface area contributed by atoms with E-state index in [9.17, 15) is 0 Å². The van der Waals surface area contributed by atoms with E-state index in [1.165, 1.54) is 17.7 Å². The van der Waals surface area contributed by atoms with Gasteiger partial charge < -0.3 is 10.4 Å². The molecule has 0 saturated carbocycles. The largest absolute Gasteiger partial charge is 0.395 e. The molecule has 7 nitrogen and oxygen atoms in total. The smallest absolute Gasteiger partial charge is 0.226 e. The van der Waals surface area contributed by atoms with Crippen molar-refractivity contribution in [1.29, 1.82) is 0 Å². The Morgan fingerprint density at radius 3 is 2.87 bits per heavy atom. The van der Waals surface area contributed by atoms with Gasteiger partial charge in [-0.05, 0) is 24.7 Å². The van der Waals surface area contributed by atoms with Crippen LogP contribution in [-0.4, -0.2) is 81.3 Å². The third-order valence-corrected chi connectivity index (χ3v) is 5.66. The zero-order valence-electron chi connectivity index (χ0n) is 13.5. The van der Waals surface area contributed by atoms with Crippen LogP contribution in [-0.2, 0) is 6.54 Å². The summed E-state index contributed by atoms with van der Waals surface area (Å²) in [6, 6.07) is 0.490. The van der Waals surface area contributed by atoms with Gasteiger partial charge in [0.2, 0.25) is 11.1 Å². The van der Waals surface area contributed by atoms with Gasteiger partial charge in [0, 0.05) is 38.4 Å². The summed E-state index contributed by atoms with van der Waals surface area (Å²) in [6.45, 7) is 6.18. The fraction of sp³-hybridized carbons (Fsp3) is 0.733. The molecule has 4 rings (SSSR count). The highest BCUT2D eigenvalue weighted by Crippen LogP contribution is 2.36. The number of allylic oxidation sites excluding steroid dienone is 1. The third-order valence-electron chi connectivity index (χ3n) is 5.12. The standard InChI is InChI=1S/C15H24N6OS/c1-23-15-17-14-16-13-11(10-21(14)18-15)2-3-12(13)20-6-4-19(5-7-20)8-9-22/h12,22H,2-10H2,1H3,(H,16,17,18). The maximum absolute atomic E-state index is 9.08. The Morgan fingerprint density at radius 1 is 1.30 bits per heavy atom. The summed E-state index contributed by atoms with van der Waals surface area (Å²) >= 11 is 1.59. The van der Waals surface area contributed by atoms with Crippen molar-refractivity contribution in [2.45, 2.75) is 30.6 Å². The van der Waals surface area contributed by atoms with Gasteiger partial charge in [-0.2, -0.15) is 4.98 Å². The maximum Gasteiger partial charge on any atom is 0.226 e. The number of aliphatic hydroxyl groups is 1. The normalized spacial score (nSPS) is 25.4. The van der Waals surface area contributed by atoms with Gasteiger partial charge in [0.05, 0.1) is 19.2 Å². The summed E-state index contributed by atoms with van der Waals surface area (Å²) < 4.78 is 1.99. The second kappa shape index (κ2) is 6.43. The number of anilines is 1. The van der Waals surface area contributed by atoms with Crippen molar-refractivity contribution in [2.24, 2.45) is 0 Å². The van der Waals surface area contributed by atoms with E-state index >= 15 is 0 Å². The van der Waals surface area contributed by atoms with Crippen LogP contribution in [0.5, 0.6) is 0 Å². The summed E-state index contributed by atoms with van der Waals surface area (Å²) in [6.07, 6.45) is 4.35. The molecule has 0 radical (unpaired) electrons. The fourth-order valence-corrected chi connectivity index (χ4v) is 4.24. The first-order valence-corrected chi connectivity index (χ1v) is 9.56. The van der Waals surface area contributed by atoms with Crippen LogP contribution in [0.2, 0.25) is 0 Å². The molecule has 3 aliphatic rings. The van der Waals surface area contributed by atoms with E-state index in [0.717, 1.165) is 56.8 Å². The van der Waals surface area contributed by atoms with Crippen molar-refractivity contribution in [3.05, 3.63) is 11.3 Å². The Hall–Kier alpha value is -1.09. The van der Waals surface area contributed by atoms with Gasteiger partial charge in [-0.15, -0.1) is 5.10 Å². The van der Waals surface area contributed by atoms with Crippen LogP contribution in [0.1, 0.15) is 12.8 Å². The number of piperazine rings is 1. The van der Waals surface area contributed by atoms with Crippen LogP contribution in [0.25, 0.3) is 0 Å². The van der Waals surface area contributed by atoms with E-state index in [-0.39, 0.29) is 6.61 Å². The topological polar surface area (TPSA) is 69.5 Å². The molecule has 23 heavy (non-hydrogen) atoms. The van der Waals surface area contributed by atoms with Gasteiger partial charge in [-0.25, -0.2) is 4.68 Å². The number of β-amino-alcohol motifs (C(OH)–C–C–N with tert-alkyl or cyclic N) is 1. The Balaban J connectivity index is 1.45. The van der Waals surface area contributed by atoms with Crippen LogP contribution in [0, 0.1) is 0 Å². The van der Waals surface area contributed by atoms with E-state index < -0.39 is 0 Å². The van der Waals surface area contributed by atoms with E-state index in [1.54, 1.807) is 11.8 Å². The number of thioether (sulfide) groups is 1. The molecule has 3 heterocycles. The van der Waals surface area contributed by atoms with Crippen LogP contribution in [0.4, 0.5) is 5.95 Å². The summed E-state index contributed by atoms with van der Waals surface area (Å²) in [5, 5.41) is 18.0. The summed E-state index contributed by atoms with van der Waals surface area (Å²) in [7, 11) is 0. The molecular formula is C15H24N6OS. The first-order valence-electron chi connectivity index (χ1n) is 8.33. The molecule has 1 atom stereocenters. The number of fused-ring (bicyclic) bond motifs is 1. The Morgan fingerprint density at radius 2 is 2.13 bits per heavy atom. The minimum Gasteiger partial charge on any atom is -0.395 e. The molecule has 126 valence electrons. The third kappa shape index (κ3) is 2.88. The lowest BCUT2D eigenvalue weighted by molar-refractivity contribution is 0.0938. The minimum absolute atomic E-state index is 0.258. The highest BCUT2D eigenvalue weighted by molar-refractivity contribution is 7.98. The zero-order chi connectivity index (χ0) is 15.8. The van der Waals surface area contributed by atoms with Gasteiger partial charge in [0.25, 0.3) is 0 Å². The number of nitrogens with zero attached hydrogens (tertiary/aromatic N) is 5. The van der Waals surface area contributed by atoms with Crippen LogP contribution in [0.15, 0.2) is 16.4 Å². The molecular weight excluding hydrogens is 312 g/mol. The van der Waals surface area contributed by atoms with E-state index in [0.29, 0.717) is 6.04 Å². The molecule has 0 amide bonds. The Kier molecular flexibility index (Phi) is 4.31. The van der Waals surface area contributed by atoms with Gasteiger partial charge >= 0.3 is 0 Å². The number of rotatable bonds is 4. The molecule has 0 spiro atoms. The molecule has 1 aromatic rings. The molecule has 1 fully saturated rings. The first-order chi connectivity index (χ1) is 11.3. The van der Waals surface area contributed by atoms with Crippen molar-refractivity contribution in [3.8, 4) is 0 Å². The number of hydrogen-bond donors (Lipinski definition) is 2. The highest BCUT2D eigenvalue weighted by Gasteiger charge is 2.35. The average molecular weight is 336 g/mol. The Labute approximate surface area is 140 Å². The highest BCUT2D eigenvalue weighted by atomic mass is 32.2.